The summed E-state index contributed by atoms with van der Waals surface area (Å²) >= 11 is 0. The Morgan fingerprint density at radius 2 is 1.59 bits per heavy atom. The first-order valence-electron chi connectivity index (χ1n) is 5.54. The molecule has 1 aliphatic rings. The number of nitrogen functional groups attached to an aromatic ring is 1. The normalized spacial score (nSPS) is 13.4. The standard InChI is InChI=1S/C14H13NO2/c15-12-2-5-13(6-3-12)17-14-4-1-10-8-16-9-11(10)7-14/h1-7H,8-9,15H2. The Labute approximate surface area is 99.8 Å². The summed E-state index contributed by atoms with van der Waals surface area (Å²) in [5.41, 5.74) is 8.81. The number of hydrogen-bond donors (Lipinski definition) is 1. The van der Waals surface area contributed by atoms with Crippen LogP contribution < -0.4 is 10.5 Å². The van der Waals surface area contributed by atoms with Crippen LogP contribution in [0, 0.1) is 0 Å². The van der Waals surface area contributed by atoms with E-state index in [1.807, 2.05) is 36.4 Å². The van der Waals surface area contributed by atoms with Gasteiger partial charge in [-0.25, -0.2) is 0 Å². The summed E-state index contributed by atoms with van der Waals surface area (Å²) in [6.07, 6.45) is 0. The molecule has 0 aromatic heterocycles. The van der Waals surface area contributed by atoms with Gasteiger partial charge >= 0.3 is 0 Å². The lowest BCUT2D eigenvalue weighted by atomic mass is 10.1. The number of rotatable bonds is 2. The third-order valence-corrected chi connectivity index (χ3v) is 2.81. The molecule has 1 aliphatic heterocycles. The molecule has 2 aromatic carbocycles. The Kier molecular flexibility index (Phi) is 2.46. The van der Waals surface area contributed by atoms with Crippen molar-refractivity contribution in [1.82, 2.24) is 0 Å². The van der Waals surface area contributed by atoms with Crippen molar-refractivity contribution >= 4 is 5.69 Å². The van der Waals surface area contributed by atoms with Crippen molar-refractivity contribution in [2.45, 2.75) is 13.2 Å². The lowest BCUT2D eigenvalue weighted by Gasteiger charge is -2.07. The highest BCUT2D eigenvalue weighted by Crippen LogP contribution is 2.28. The molecule has 2 N–H and O–H groups in total. The molecule has 0 atom stereocenters. The van der Waals surface area contributed by atoms with E-state index < -0.39 is 0 Å². The van der Waals surface area contributed by atoms with E-state index in [1.54, 1.807) is 0 Å². The lowest BCUT2D eigenvalue weighted by Crippen LogP contribution is -1.88. The van der Waals surface area contributed by atoms with E-state index in [-0.39, 0.29) is 0 Å². The zero-order chi connectivity index (χ0) is 11.7. The quantitative estimate of drug-likeness (QED) is 0.802. The fraction of sp³-hybridized carbons (Fsp3) is 0.143. The SMILES string of the molecule is Nc1ccc(Oc2ccc3c(c2)COC3)cc1. The Bertz CT molecular complexity index is 534. The van der Waals surface area contributed by atoms with Gasteiger partial charge in [-0.3, -0.25) is 0 Å². The molecule has 0 radical (unpaired) electrons. The van der Waals surface area contributed by atoms with E-state index in [1.165, 1.54) is 11.1 Å². The molecule has 2 aromatic rings. The van der Waals surface area contributed by atoms with Gasteiger partial charge in [0, 0.05) is 5.69 Å². The first-order valence-corrected chi connectivity index (χ1v) is 5.54. The minimum Gasteiger partial charge on any atom is -0.457 e. The maximum Gasteiger partial charge on any atom is 0.127 e. The van der Waals surface area contributed by atoms with Crippen molar-refractivity contribution in [3.8, 4) is 11.5 Å². The molecule has 0 unspecified atom stereocenters. The number of ether oxygens (including phenoxy) is 2. The molecule has 0 saturated carbocycles. The van der Waals surface area contributed by atoms with Crippen molar-refractivity contribution in [2.24, 2.45) is 0 Å². The third-order valence-electron chi connectivity index (χ3n) is 2.81. The van der Waals surface area contributed by atoms with Gasteiger partial charge in [-0.1, -0.05) is 6.07 Å². The monoisotopic (exact) mass is 227 g/mol. The van der Waals surface area contributed by atoms with Crippen LogP contribution >= 0.6 is 0 Å². The van der Waals surface area contributed by atoms with E-state index in [9.17, 15) is 0 Å². The van der Waals surface area contributed by atoms with Gasteiger partial charge in [0.2, 0.25) is 0 Å². The fourth-order valence-corrected chi connectivity index (χ4v) is 1.88. The molecule has 0 bridgehead atoms. The second-order valence-corrected chi connectivity index (χ2v) is 4.09. The number of fused-ring (bicyclic) bond motifs is 1. The molecular weight excluding hydrogens is 214 g/mol. The molecule has 0 amide bonds. The molecule has 1 heterocycles. The first-order chi connectivity index (χ1) is 8.31. The predicted molar refractivity (Wildman–Crippen MR) is 65.9 cm³/mol. The molecule has 86 valence electrons. The van der Waals surface area contributed by atoms with Crippen LogP contribution in [-0.4, -0.2) is 0 Å². The zero-order valence-corrected chi connectivity index (χ0v) is 9.35. The summed E-state index contributed by atoms with van der Waals surface area (Å²) in [4.78, 5) is 0. The van der Waals surface area contributed by atoms with E-state index in [0.717, 1.165) is 17.2 Å². The molecule has 3 rings (SSSR count). The van der Waals surface area contributed by atoms with E-state index in [0.29, 0.717) is 13.2 Å². The summed E-state index contributed by atoms with van der Waals surface area (Å²) in [7, 11) is 0. The topological polar surface area (TPSA) is 44.5 Å². The van der Waals surface area contributed by atoms with E-state index in [2.05, 4.69) is 6.07 Å². The van der Waals surface area contributed by atoms with Gasteiger partial charge in [0.05, 0.1) is 13.2 Å². The summed E-state index contributed by atoms with van der Waals surface area (Å²) in [6.45, 7) is 1.38. The van der Waals surface area contributed by atoms with Gasteiger partial charge in [0.25, 0.3) is 0 Å². The molecule has 0 spiro atoms. The Balaban J connectivity index is 1.83. The van der Waals surface area contributed by atoms with Crippen LogP contribution in [0.15, 0.2) is 42.5 Å². The van der Waals surface area contributed by atoms with Crippen LogP contribution in [0.25, 0.3) is 0 Å². The third kappa shape index (κ3) is 2.10. The average Bonchev–Trinajstić information content (AvgIpc) is 2.79. The molecule has 17 heavy (non-hydrogen) atoms. The van der Waals surface area contributed by atoms with Crippen molar-refractivity contribution in [2.75, 3.05) is 5.73 Å². The second kappa shape index (κ2) is 4.11. The van der Waals surface area contributed by atoms with E-state index in [4.69, 9.17) is 15.2 Å². The zero-order valence-electron chi connectivity index (χ0n) is 9.35. The minimum absolute atomic E-state index is 0.675. The van der Waals surface area contributed by atoms with Crippen molar-refractivity contribution in [3.05, 3.63) is 53.6 Å². The van der Waals surface area contributed by atoms with Crippen LogP contribution in [0.4, 0.5) is 5.69 Å². The highest BCUT2D eigenvalue weighted by atomic mass is 16.5. The summed E-state index contributed by atoms with van der Waals surface area (Å²) in [5, 5.41) is 0. The van der Waals surface area contributed by atoms with Gasteiger partial charge in [-0.15, -0.1) is 0 Å². The van der Waals surface area contributed by atoms with Crippen LogP contribution in [0.1, 0.15) is 11.1 Å². The molecule has 3 nitrogen and oxygen atoms in total. The lowest BCUT2D eigenvalue weighted by molar-refractivity contribution is 0.134. The largest absolute Gasteiger partial charge is 0.457 e. The van der Waals surface area contributed by atoms with Crippen molar-refractivity contribution < 1.29 is 9.47 Å². The maximum absolute atomic E-state index is 5.75. The summed E-state index contributed by atoms with van der Waals surface area (Å²) in [6, 6.07) is 13.4. The molecule has 0 saturated heterocycles. The molecule has 3 heteroatoms. The van der Waals surface area contributed by atoms with Crippen LogP contribution in [0.3, 0.4) is 0 Å². The van der Waals surface area contributed by atoms with Crippen LogP contribution in [-0.2, 0) is 18.0 Å². The first kappa shape index (κ1) is 10.2. The summed E-state index contributed by atoms with van der Waals surface area (Å²) in [5.74, 6) is 1.62. The Morgan fingerprint density at radius 1 is 0.882 bits per heavy atom. The highest BCUT2D eigenvalue weighted by Gasteiger charge is 2.11. The number of nitrogens with two attached hydrogens (primary N) is 1. The predicted octanol–water partition coefficient (Wildman–Crippen LogP) is 3.09. The smallest absolute Gasteiger partial charge is 0.127 e. The number of benzene rings is 2. The highest BCUT2D eigenvalue weighted by molar-refractivity contribution is 5.44. The Morgan fingerprint density at radius 3 is 2.41 bits per heavy atom. The Hall–Kier alpha value is -2.00. The number of hydrogen-bond acceptors (Lipinski definition) is 3. The molecular formula is C14H13NO2. The average molecular weight is 227 g/mol. The van der Waals surface area contributed by atoms with Gasteiger partial charge in [-0.05, 0) is 47.5 Å². The molecule has 0 aliphatic carbocycles. The van der Waals surface area contributed by atoms with Gasteiger partial charge in [0.15, 0.2) is 0 Å². The van der Waals surface area contributed by atoms with Crippen LogP contribution in [0.2, 0.25) is 0 Å². The van der Waals surface area contributed by atoms with Crippen molar-refractivity contribution in [3.63, 3.8) is 0 Å². The summed E-state index contributed by atoms with van der Waals surface area (Å²) < 4.78 is 11.1. The fourth-order valence-electron chi connectivity index (χ4n) is 1.88. The van der Waals surface area contributed by atoms with E-state index >= 15 is 0 Å². The van der Waals surface area contributed by atoms with Gasteiger partial charge < -0.3 is 15.2 Å². The second-order valence-electron chi connectivity index (χ2n) is 4.09. The number of anilines is 1. The van der Waals surface area contributed by atoms with Gasteiger partial charge in [-0.2, -0.15) is 0 Å². The molecule has 0 fully saturated rings. The maximum atomic E-state index is 5.75. The van der Waals surface area contributed by atoms with Gasteiger partial charge in [0.1, 0.15) is 11.5 Å². The minimum atomic E-state index is 0.675. The van der Waals surface area contributed by atoms with Crippen LogP contribution in [0.5, 0.6) is 11.5 Å². The van der Waals surface area contributed by atoms with Crippen molar-refractivity contribution in [1.29, 1.82) is 0 Å².